The zero-order valence-electron chi connectivity index (χ0n) is 9.37. The number of carbonyl (C=O) groups is 1. The molecule has 0 aliphatic rings. The van der Waals surface area contributed by atoms with Crippen molar-refractivity contribution in [3.05, 3.63) is 13.8 Å². The molecule has 0 aromatic rings. The van der Waals surface area contributed by atoms with Crippen molar-refractivity contribution in [3.8, 4) is 0 Å². The van der Waals surface area contributed by atoms with E-state index < -0.39 is 6.04 Å². The predicted molar refractivity (Wildman–Crippen MR) is 62.8 cm³/mol. The standard InChI is InChI=1S/C11H23N3O/c1-3-6-9(2)14-11(15)10(13)7-4-5-8-12/h9-10H,1-8,12-13H2,(H,14,15)/t9-,10?/m0/s1. The van der Waals surface area contributed by atoms with Crippen LogP contribution < -0.4 is 16.8 Å². The highest BCUT2D eigenvalue weighted by molar-refractivity contribution is 5.81. The molecule has 88 valence electrons. The Bertz CT molecular complexity index is 173. The number of hydrogen-bond donors (Lipinski definition) is 3. The minimum absolute atomic E-state index is 0.0874. The van der Waals surface area contributed by atoms with E-state index in [2.05, 4.69) is 19.2 Å². The van der Waals surface area contributed by atoms with Crippen LogP contribution in [0.15, 0.2) is 0 Å². The summed E-state index contributed by atoms with van der Waals surface area (Å²) in [7, 11) is 0. The summed E-state index contributed by atoms with van der Waals surface area (Å²) in [6.07, 6.45) is 4.02. The summed E-state index contributed by atoms with van der Waals surface area (Å²) in [4.78, 5) is 11.5. The summed E-state index contributed by atoms with van der Waals surface area (Å²) in [5.41, 5.74) is 11.1. The molecular weight excluding hydrogens is 190 g/mol. The SMILES string of the molecule is [CH2]CC[C@H]([CH2])NC(=O)C(N)CCCCN. The van der Waals surface area contributed by atoms with Gasteiger partial charge in [0.1, 0.15) is 0 Å². The fourth-order valence-electron chi connectivity index (χ4n) is 1.27. The average molecular weight is 213 g/mol. The van der Waals surface area contributed by atoms with Gasteiger partial charge in [-0.05, 0) is 32.7 Å². The fraction of sp³-hybridized carbons (Fsp3) is 0.727. The van der Waals surface area contributed by atoms with Crippen molar-refractivity contribution in [1.29, 1.82) is 0 Å². The van der Waals surface area contributed by atoms with Crippen LogP contribution in [0.1, 0.15) is 32.1 Å². The molecule has 4 heteroatoms. The molecule has 0 aliphatic carbocycles. The summed E-state index contributed by atoms with van der Waals surface area (Å²) >= 11 is 0. The lowest BCUT2D eigenvalue weighted by molar-refractivity contribution is -0.123. The summed E-state index contributed by atoms with van der Waals surface area (Å²) in [6, 6.07) is -0.527. The molecule has 0 rings (SSSR count). The first-order valence-corrected chi connectivity index (χ1v) is 5.50. The number of unbranched alkanes of at least 4 members (excludes halogenated alkanes) is 1. The van der Waals surface area contributed by atoms with Gasteiger partial charge in [-0.1, -0.05) is 19.8 Å². The monoisotopic (exact) mass is 213 g/mol. The first-order valence-electron chi connectivity index (χ1n) is 5.50. The lowest BCUT2D eigenvalue weighted by Crippen LogP contribution is -2.44. The molecule has 0 fully saturated rings. The number of carbonyl (C=O) groups excluding carboxylic acids is 1. The molecule has 2 radical (unpaired) electrons. The van der Waals surface area contributed by atoms with Gasteiger partial charge in [0.15, 0.2) is 0 Å². The van der Waals surface area contributed by atoms with Gasteiger partial charge in [0.05, 0.1) is 6.04 Å². The van der Waals surface area contributed by atoms with Gasteiger partial charge in [-0.3, -0.25) is 4.79 Å². The van der Waals surface area contributed by atoms with Gasteiger partial charge in [0.2, 0.25) is 5.91 Å². The van der Waals surface area contributed by atoms with Gasteiger partial charge in [-0.25, -0.2) is 0 Å². The number of nitrogens with one attached hydrogen (secondary N) is 1. The van der Waals surface area contributed by atoms with Crippen LogP contribution in [0.3, 0.4) is 0 Å². The Morgan fingerprint density at radius 1 is 1.33 bits per heavy atom. The van der Waals surface area contributed by atoms with Crippen LogP contribution in [0.5, 0.6) is 0 Å². The van der Waals surface area contributed by atoms with Crippen LogP contribution in [0.4, 0.5) is 0 Å². The third-order valence-electron chi connectivity index (χ3n) is 2.20. The van der Waals surface area contributed by atoms with Crippen LogP contribution in [-0.2, 0) is 4.79 Å². The molecule has 0 aromatic carbocycles. The van der Waals surface area contributed by atoms with E-state index in [4.69, 9.17) is 11.5 Å². The van der Waals surface area contributed by atoms with Gasteiger partial charge in [-0.15, -0.1) is 0 Å². The lowest BCUT2D eigenvalue weighted by Gasteiger charge is -2.16. The summed E-state index contributed by atoms with van der Waals surface area (Å²) in [5.74, 6) is -0.125. The normalized spacial score (nSPS) is 14.7. The minimum Gasteiger partial charge on any atom is -0.352 e. The third kappa shape index (κ3) is 7.33. The molecule has 5 N–H and O–H groups in total. The van der Waals surface area contributed by atoms with Gasteiger partial charge < -0.3 is 16.8 Å². The van der Waals surface area contributed by atoms with Crippen molar-refractivity contribution >= 4 is 5.91 Å². The van der Waals surface area contributed by atoms with E-state index >= 15 is 0 Å². The zero-order chi connectivity index (χ0) is 11.7. The molecule has 0 saturated carbocycles. The third-order valence-corrected chi connectivity index (χ3v) is 2.20. The Morgan fingerprint density at radius 2 is 2.00 bits per heavy atom. The van der Waals surface area contributed by atoms with Crippen molar-refractivity contribution in [1.82, 2.24) is 5.32 Å². The van der Waals surface area contributed by atoms with Crippen molar-refractivity contribution in [2.75, 3.05) is 6.54 Å². The highest BCUT2D eigenvalue weighted by atomic mass is 16.2. The van der Waals surface area contributed by atoms with Gasteiger partial charge >= 0.3 is 0 Å². The van der Waals surface area contributed by atoms with Crippen LogP contribution >= 0.6 is 0 Å². The molecule has 15 heavy (non-hydrogen) atoms. The highest BCUT2D eigenvalue weighted by Crippen LogP contribution is 2.00. The molecule has 0 saturated heterocycles. The largest absolute Gasteiger partial charge is 0.352 e. The second-order valence-electron chi connectivity index (χ2n) is 3.74. The van der Waals surface area contributed by atoms with E-state index in [-0.39, 0.29) is 11.9 Å². The quantitative estimate of drug-likeness (QED) is 0.510. The fourth-order valence-corrected chi connectivity index (χ4v) is 1.27. The maximum atomic E-state index is 11.5. The Labute approximate surface area is 92.8 Å². The second-order valence-corrected chi connectivity index (χ2v) is 3.74. The number of rotatable bonds is 8. The summed E-state index contributed by atoms with van der Waals surface area (Å²) in [6.45, 7) is 8.15. The first-order chi connectivity index (χ1) is 7.11. The summed E-state index contributed by atoms with van der Waals surface area (Å²) in [5, 5.41) is 2.76. The Balaban J connectivity index is 3.68. The molecule has 0 heterocycles. The highest BCUT2D eigenvalue weighted by Gasteiger charge is 2.14. The zero-order valence-corrected chi connectivity index (χ0v) is 9.37. The molecule has 1 amide bonds. The first kappa shape index (κ1) is 14.4. The van der Waals surface area contributed by atoms with E-state index in [9.17, 15) is 4.79 Å². The maximum absolute atomic E-state index is 11.5. The Hall–Kier alpha value is -0.610. The van der Waals surface area contributed by atoms with E-state index in [1.165, 1.54) is 0 Å². The van der Waals surface area contributed by atoms with Gasteiger partial charge in [-0.2, -0.15) is 0 Å². The van der Waals surface area contributed by atoms with Crippen LogP contribution in [0.25, 0.3) is 0 Å². The molecular formula is C11H23N3O. The topological polar surface area (TPSA) is 81.1 Å². The van der Waals surface area contributed by atoms with Gasteiger partial charge in [0, 0.05) is 6.04 Å². The minimum atomic E-state index is -0.439. The number of nitrogens with two attached hydrogens (primary N) is 2. The smallest absolute Gasteiger partial charge is 0.237 e. The van der Waals surface area contributed by atoms with E-state index in [1.54, 1.807) is 0 Å². The van der Waals surface area contributed by atoms with E-state index in [0.717, 1.165) is 25.7 Å². The van der Waals surface area contributed by atoms with Crippen molar-refractivity contribution in [3.63, 3.8) is 0 Å². The molecule has 2 atom stereocenters. The second kappa shape index (κ2) is 8.68. The van der Waals surface area contributed by atoms with Crippen molar-refractivity contribution in [2.45, 2.75) is 44.2 Å². The number of amides is 1. The molecule has 1 unspecified atom stereocenters. The molecule has 0 aliphatic heterocycles. The average Bonchev–Trinajstić information content (AvgIpc) is 2.18. The van der Waals surface area contributed by atoms with Gasteiger partial charge in [0.25, 0.3) is 0 Å². The Morgan fingerprint density at radius 3 is 2.53 bits per heavy atom. The Kier molecular flexibility index (Phi) is 8.33. The maximum Gasteiger partial charge on any atom is 0.237 e. The van der Waals surface area contributed by atoms with Crippen LogP contribution in [0, 0.1) is 13.8 Å². The van der Waals surface area contributed by atoms with Crippen molar-refractivity contribution < 1.29 is 4.79 Å². The molecule has 4 nitrogen and oxygen atoms in total. The van der Waals surface area contributed by atoms with Crippen molar-refractivity contribution in [2.24, 2.45) is 11.5 Å². The lowest BCUT2D eigenvalue weighted by atomic mass is 10.1. The van der Waals surface area contributed by atoms with E-state index in [0.29, 0.717) is 13.0 Å². The van der Waals surface area contributed by atoms with Crippen LogP contribution in [0.2, 0.25) is 0 Å². The molecule has 0 bridgehead atoms. The summed E-state index contributed by atoms with van der Waals surface area (Å²) < 4.78 is 0. The predicted octanol–water partition coefficient (Wildman–Crippen LogP) is 0.376. The van der Waals surface area contributed by atoms with E-state index in [1.807, 2.05) is 0 Å². The number of hydrogen-bond acceptors (Lipinski definition) is 3. The van der Waals surface area contributed by atoms with Crippen LogP contribution in [-0.4, -0.2) is 24.5 Å². The molecule has 0 aromatic heterocycles. The molecule has 0 spiro atoms.